The Morgan fingerprint density at radius 2 is 1.56 bits per heavy atom. The molecule has 0 aliphatic carbocycles. The molecule has 0 aliphatic heterocycles. The molecule has 0 saturated heterocycles. The van der Waals surface area contributed by atoms with Crippen LogP contribution in [-0.4, -0.2) is 21.8 Å². The van der Waals surface area contributed by atoms with E-state index in [1.807, 2.05) is 72.8 Å². The van der Waals surface area contributed by atoms with Crippen LogP contribution in [-0.2, 0) is 15.2 Å². The zero-order valence-corrected chi connectivity index (χ0v) is 18.3. The molecule has 0 bridgehead atoms. The van der Waals surface area contributed by atoms with E-state index in [1.165, 1.54) is 5.38 Å². The van der Waals surface area contributed by atoms with Crippen LogP contribution in [0.4, 0.5) is 5.13 Å². The average Bonchev–Trinajstić information content (AvgIpc) is 3.23. The normalized spacial score (nSPS) is 11.8. The number of benzene rings is 3. The van der Waals surface area contributed by atoms with Gasteiger partial charge in [0.1, 0.15) is 5.69 Å². The highest BCUT2D eigenvalue weighted by atomic mass is 35.5. The van der Waals surface area contributed by atoms with E-state index >= 15 is 0 Å². The lowest BCUT2D eigenvalue weighted by molar-refractivity contribution is -0.129. The van der Waals surface area contributed by atoms with Gasteiger partial charge in [0, 0.05) is 27.1 Å². The lowest BCUT2D eigenvalue weighted by Gasteiger charge is -2.33. The number of carbonyl (C=O) groups is 1. The quantitative estimate of drug-likeness (QED) is 0.223. The number of thiazole rings is 1. The van der Waals surface area contributed by atoms with Gasteiger partial charge in [-0.15, -0.1) is 11.3 Å². The van der Waals surface area contributed by atoms with E-state index in [0.29, 0.717) is 10.6 Å². The van der Waals surface area contributed by atoms with Crippen LogP contribution in [0.1, 0.15) is 22.4 Å². The number of nitrogens with two attached hydrogens (primary N) is 1. The van der Waals surface area contributed by atoms with Crippen molar-refractivity contribution in [1.29, 1.82) is 0 Å². The monoisotopic (exact) mass is 463 g/mol. The summed E-state index contributed by atoms with van der Waals surface area (Å²) in [6.07, 6.45) is 0. The number of aliphatic carboxylic acids is 1. The summed E-state index contributed by atoms with van der Waals surface area (Å²) in [5, 5.41) is 16.2. The SMILES string of the molecule is Nc1nc(/C(=N/OC(c2ccccc2)(c2ccccc2)c2cccc(Cl)c2)C(=O)O)cs1. The molecular weight excluding hydrogens is 446 g/mol. The first-order valence-electron chi connectivity index (χ1n) is 9.58. The zero-order chi connectivity index (χ0) is 22.6. The molecule has 1 aromatic heterocycles. The Kier molecular flexibility index (Phi) is 6.20. The minimum Gasteiger partial charge on any atom is -0.476 e. The molecule has 160 valence electrons. The summed E-state index contributed by atoms with van der Waals surface area (Å²) in [5.74, 6) is -1.28. The van der Waals surface area contributed by atoms with Crippen molar-refractivity contribution in [3.8, 4) is 0 Å². The summed E-state index contributed by atoms with van der Waals surface area (Å²) < 4.78 is 0. The lowest BCUT2D eigenvalue weighted by atomic mass is 9.80. The number of carboxylic acid groups (broad SMARTS) is 1. The van der Waals surface area contributed by atoms with Gasteiger partial charge in [0.2, 0.25) is 11.3 Å². The van der Waals surface area contributed by atoms with Crippen LogP contribution in [0.3, 0.4) is 0 Å². The summed E-state index contributed by atoms with van der Waals surface area (Å²) in [5.41, 5.74) is 6.39. The Morgan fingerprint density at radius 3 is 2.06 bits per heavy atom. The van der Waals surface area contributed by atoms with Crippen molar-refractivity contribution in [1.82, 2.24) is 4.98 Å². The molecule has 4 rings (SSSR count). The second kappa shape index (κ2) is 9.21. The molecule has 0 fully saturated rings. The summed E-state index contributed by atoms with van der Waals surface area (Å²) in [4.78, 5) is 22.2. The third-order valence-electron chi connectivity index (χ3n) is 4.83. The van der Waals surface area contributed by atoms with Gasteiger partial charge in [-0.05, 0) is 12.1 Å². The van der Waals surface area contributed by atoms with E-state index in [-0.39, 0.29) is 16.5 Å². The third kappa shape index (κ3) is 4.21. The Labute approximate surface area is 193 Å². The van der Waals surface area contributed by atoms with Gasteiger partial charge >= 0.3 is 5.97 Å². The van der Waals surface area contributed by atoms with Crippen LogP contribution in [0.5, 0.6) is 0 Å². The number of nitrogen functional groups attached to an aromatic ring is 1. The number of hydrogen-bond acceptors (Lipinski definition) is 6. The first kappa shape index (κ1) is 21.5. The Morgan fingerprint density at radius 1 is 0.969 bits per heavy atom. The van der Waals surface area contributed by atoms with Crippen molar-refractivity contribution in [2.24, 2.45) is 5.16 Å². The molecule has 0 radical (unpaired) electrons. The summed E-state index contributed by atoms with van der Waals surface area (Å²) in [6, 6.07) is 26.1. The van der Waals surface area contributed by atoms with Gasteiger partial charge in [-0.2, -0.15) is 0 Å². The van der Waals surface area contributed by atoms with Crippen molar-refractivity contribution < 1.29 is 14.7 Å². The maximum Gasteiger partial charge on any atom is 0.360 e. The maximum absolute atomic E-state index is 12.0. The van der Waals surface area contributed by atoms with Gasteiger partial charge in [0.05, 0.1) is 0 Å². The molecule has 0 amide bonds. The highest BCUT2D eigenvalue weighted by Crippen LogP contribution is 2.41. The Bertz CT molecular complexity index is 1220. The number of rotatable bonds is 7. The molecule has 32 heavy (non-hydrogen) atoms. The molecule has 0 aliphatic rings. The lowest BCUT2D eigenvalue weighted by Crippen LogP contribution is -2.32. The first-order chi connectivity index (χ1) is 15.5. The molecule has 6 nitrogen and oxygen atoms in total. The number of aromatic nitrogens is 1. The predicted octanol–water partition coefficient (Wildman–Crippen LogP) is 5.18. The zero-order valence-electron chi connectivity index (χ0n) is 16.7. The van der Waals surface area contributed by atoms with Gasteiger partial charge in [-0.3, -0.25) is 0 Å². The number of hydrogen-bond donors (Lipinski definition) is 2. The minimum absolute atomic E-state index is 0.126. The Hall–Kier alpha value is -3.68. The molecule has 0 saturated carbocycles. The van der Waals surface area contributed by atoms with Gasteiger partial charge in [0.15, 0.2) is 5.13 Å². The maximum atomic E-state index is 12.0. The standard InChI is InChI=1S/C24H18ClN3O3S/c25-19-13-7-12-18(14-19)24(16-8-3-1-4-9-16,17-10-5-2-6-11-17)31-28-21(22(29)30)20-15-32-23(26)27-20/h1-15H,(H2,26,27)(H,29,30)/b28-21-. The summed E-state index contributed by atoms with van der Waals surface area (Å²) in [7, 11) is 0. The van der Waals surface area contributed by atoms with Crippen molar-refractivity contribution >= 4 is 39.8 Å². The van der Waals surface area contributed by atoms with E-state index < -0.39 is 11.6 Å². The highest BCUT2D eigenvalue weighted by molar-refractivity contribution is 7.13. The number of oxime groups is 1. The van der Waals surface area contributed by atoms with E-state index in [1.54, 1.807) is 12.1 Å². The van der Waals surface area contributed by atoms with Crippen LogP contribution < -0.4 is 5.73 Å². The fourth-order valence-electron chi connectivity index (χ4n) is 3.42. The van der Waals surface area contributed by atoms with Crippen LogP contribution >= 0.6 is 22.9 Å². The average molecular weight is 464 g/mol. The molecule has 0 unspecified atom stereocenters. The van der Waals surface area contributed by atoms with Crippen LogP contribution in [0.2, 0.25) is 5.02 Å². The van der Waals surface area contributed by atoms with Gasteiger partial charge in [0.25, 0.3) is 0 Å². The van der Waals surface area contributed by atoms with Crippen molar-refractivity contribution in [3.05, 3.63) is 118 Å². The van der Waals surface area contributed by atoms with E-state index in [9.17, 15) is 9.90 Å². The summed E-state index contributed by atoms with van der Waals surface area (Å²) >= 11 is 7.45. The van der Waals surface area contributed by atoms with Gasteiger partial charge in [-0.25, -0.2) is 9.78 Å². The van der Waals surface area contributed by atoms with E-state index in [2.05, 4.69) is 10.1 Å². The van der Waals surface area contributed by atoms with Gasteiger partial charge in [-0.1, -0.05) is 89.6 Å². The van der Waals surface area contributed by atoms with Crippen molar-refractivity contribution in [2.75, 3.05) is 5.73 Å². The molecule has 8 heteroatoms. The molecule has 4 aromatic rings. The highest BCUT2D eigenvalue weighted by Gasteiger charge is 2.40. The molecular formula is C24H18ClN3O3S. The van der Waals surface area contributed by atoms with Crippen molar-refractivity contribution in [2.45, 2.75) is 5.60 Å². The number of halogens is 1. The van der Waals surface area contributed by atoms with E-state index in [0.717, 1.165) is 22.5 Å². The summed E-state index contributed by atoms with van der Waals surface area (Å²) in [6.45, 7) is 0. The number of carboxylic acids is 1. The van der Waals surface area contributed by atoms with Gasteiger partial charge < -0.3 is 15.7 Å². The number of nitrogens with zero attached hydrogens (tertiary/aromatic N) is 2. The fourth-order valence-corrected chi connectivity index (χ4v) is 4.16. The predicted molar refractivity (Wildman–Crippen MR) is 126 cm³/mol. The van der Waals surface area contributed by atoms with Crippen LogP contribution in [0.15, 0.2) is 95.5 Å². The first-order valence-corrected chi connectivity index (χ1v) is 10.8. The van der Waals surface area contributed by atoms with Crippen LogP contribution in [0.25, 0.3) is 0 Å². The largest absolute Gasteiger partial charge is 0.476 e. The van der Waals surface area contributed by atoms with E-state index in [4.69, 9.17) is 22.2 Å². The molecule has 3 N–H and O–H groups in total. The smallest absolute Gasteiger partial charge is 0.360 e. The Balaban J connectivity index is 1.97. The second-order valence-corrected chi connectivity index (χ2v) is 8.16. The fraction of sp³-hybridized carbons (Fsp3) is 0.0417. The molecule has 0 atom stereocenters. The number of anilines is 1. The topological polar surface area (TPSA) is 97.8 Å². The third-order valence-corrected chi connectivity index (χ3v) is 5.74. The molecule has 3 aromatic carbocycles. The minimum atomic E-state index is -1.28. The molecule has 0 spiro atoms. The second-order valence-electron chi connectivity index (χ2n) is 6.83. The van der Waals surface area contributed by atoms with Crippen LogP contribution in [0, 0.1) is 0 Å². The van der Waals surface area contributed by atoms with Crippen molar-refractivity contribution in [3.63, 3.8) is 0 Å². The molecule has 1 heterocycles.